The van der Waals surface area contributed by atoms with Crippen molar-refractivity contribution >= 4 is 29.5 Å². The van der Waals surface area contributed by atoms with Crippen molar-refractivity contribution in [3.8, 4) is 34.2 Å². The van der Waals surface area contributed by atoms with Crippen LogP contribution < -0.4 is 4.74 Å². The van der Waals surface area contributed by atoms with Crippen LogP contribution >= 0.6 is 23.5 Å². The van der Waals surface area contributed by atoms with E-state index in [-0.39, 0.29) is 17.8 Å². The third-order valence-corrected chi connectivity index (χ3v) is 7.81. The van der Waals surface area contributed by atoms with Gasteiger partial charge < -0.3 is 14.2 Å². The molecule has 1 unspecified atom stereocenters. The highest BCUT2D eigenvalue weighted by Gasteiger charge is 2.19. The summed E-state index contributed by atoms with van der Waals surface area (Å²) in [7, 11) is 1.62. The molecule has 1 aromatic heterocycles. The Morgan fingerprint density at radius 2 is 1.92 bits per heavy atom. The van der Waals surface area contributed by atoms with Crippen molar-refractivity contribution in [2.24, 2.45) is 0 Å². The Hall–Kier alpha value is -3.25. The lowest BCUT2D eigenvalue weighted by molar-refractivity contribution is -0.147. The fourth-order valence-electron chi connectivity index (χ4n) is 3.70. The van der Waals surface area contributed by atoms with Crippen molar-refractivity contribution in [1.29, 1.82) is 5.26 Å². The van der Waals surface area contributed by atoms with E-state index < -0.39 is 0 Å². The van der Waals surface area contributed by atoms with Crippen LogP contribution in [0.25, 0.3) is 22.4 Å². The molecule has 0 spiro atoms. The molecule has 0 N–H and O–H groups in total. The minimum Gasteiger partial charge on any atom is -0.497 e. The van der Waals surface area contributed by atoms with Gasteiger partial charge in [0.05, 0.1) is 37.3 Å². The number of ether oxygens (including phenoxy) is 3. The molecule has 6 nitrogen and oxygen atoms in total. The van der Waals surface area contributed by atoms with Gasteiger partial charge in [-0.25, -0.2) is 4.98 Å². The normalized spacial score (nSPS) is 11.4. The lowest BCUT2D eigenvalue weighted by Gasteiger charge is -2.18. The smallest absolute Gasteiger partial charge is 0.316 e. The largest absolute Gasteiger partial charge is 0.497 e. The second-order valence-electron chi connectivity index (χ2n) is 8.60. The number of unbranched alkanes of at least 4 members (excludes halogenated alkanes) is 1. The SMILES string of the molecule is C=CCOCC(CSCCCC)OC(=O)CSc1nc(-c2ccc(OC)cc2)cc(-c2ccccc2)c1C#N. The molecule has 204 valence electrons. The molecule has 0 aliphatic rings. The molecule has 8 heteroatoms. The standard InChI is InChI=1S/C31H34N2O4S2/c1-4-6-17-38-21-26(20-36-16-5-2)37-30(34)22-39-31-28(19-32)27(23-10-8-7-9-11-23)18-29(33-31)24-12-14-25(35-3)15-13-24/h5,7-15,18,26H,2,4,6,16-17,20-22H2,1,3H3. The van der Waals surface area contributed by atoms with Crippen molar-refractivity contribution in [3.05, 3.63) is 78.9 Å². The number of aromatic nitrogens is 1. The van der Waals surface area contributed by atoms with E-state index in [2.05, 4.69) is 19.6 Å². The number of nitriles is 1. The molecule has 0 amide bonds. The molecule has 1 atom stereocenters. The van der Waals surface area contributed by atoms with Crippen molar-refractivity contribution in [2.75, 3.05) is 37.6 Å². The summed E-state index contributed by atoms with van der Waals surface area (Å²) in [6.45, 7) is 6.54. The summed E-state index contributed by atoms with van der Waals surface area (Å²) in [4.78, 5) is 17.7. The number of thioether (sulfide) groups is 2. The Morgan fingerprint density at radius 1 is 1.15 bits per heavy atom. The highest BCUT2D eigenvalue weighted by atomic mass is 32.2. The van der Waals surface area contributed by atoms with Gasteiger partial charge in [0.15, 0.2) is 0 Å². The van der Waals surface area contributed by atoms with Crippen LogP contribution in [-0.4, -0.2) is 54.6 Å². The Balaban J connectivity index is 1.83. The van der Waals surface area contributed by atoms with E-state index in [0.29, 0.717) is 35.2 Å². The Labute approximate surface area is 239 Å². The predicted octanol–water partition coefficient (Wildman–Crippen LogP) is 7.04. The molecular weight excluding hydrogens is 528 g/mol. The number of nitrogens with zero attached hydrogens (tertiary/aromatic N) is 2. The number of hydrogen-bond donors (Lipinski definition) is 0. The van der Waals surface area contributed by atoms with Gasteiger partial charge >= 0.3 is 5.97 Å². The third kappa shape index (κ3) is 9.47. The van der Waals surface area contributed by atoms with Crippen LogP contribution in [0.2, 0.25) is 0 Å². The van der Waals surface area contributed by atoms with Crippen molar-refractivity contribution < 1.29 is 19.0 Å². The molecule has 0 saturated heterocycles. The van der Waals surface area contributed by atoms with E-state index in [4.69, 9.17) is 19.2 Å². The van der Waals surface area contributed by atoms with E-state index in [1.165, 1.54) is 11.8 Å². The molecule has 0 bridgehead atoms. The van der Waals surface area contributed by atoms with E-state index >= 15 is 0 Å². The fraction of sp³-hybridized carbons (Fsp3) is 0.323. The number of pyridine rings is 1. The maximum absolute atomic E-state index is 12.9. The molecular formula is C31H34N2O4S2. The number of carbonyl (C=O) groups excluding carboxylic acids is 1. The average molecular weight is 563 g/mol. The van der Waals surface area contributed by atoms with Crippen LogP contribution in [0.5, 0.6) is 5.75 Å². The lowest BCUT2D eigenvalue weighted by Crippen LogP contribution is -2.27. The summed E-state index contributed by atoms with van der Waals surface area (Å²) in [5.41, 5.74) is 3.68. The van der Waals surface area contributed by atoms with Gasteiger partial charge in [0.25, 0.3) is 0 Å². The molecule has 39 heavy (non-hydrogen) atoms. The number of carbonyl (C=O) groups is 1. The van der Waals surface area contributed by atoms with Gasteiger partial charge in [-0.1, -0.05) is 61.5 Å². The highest BCUT2D eigenvalue weighted by Crippen LogP contribution is 2.34. The number of rotatable bonds is 16. The van der Waals surface area contributed by atoms with Gasteiger partial charge in [-0.15, -0.1) is 6.58 Å². The van der Waals surface area contributed by atoms with Gasteiger partial charge in [-0.05, 0) is 48.1 Å². The second-order valence-corrected chi connectivity index (χ2v) is 10.7. The molecule has 0 fully saturated rings. The second kappa shape index (κ2) is 16.7. The zero-order valence-electron chi connectivity index (χ0n) is 22.4. The molecule has 3 rings (SSSR count). The summed E-state index contributed by atoms with van der Waals surface area (Å²) in [6.07, 6.45) is 3.56. The molecule has 0 aliphatic heterocycles. The minimum absolute atomic E-state index is 0.0273. The summed E-state index contributed by atoms with van der Waals surface area (Å²) < 4.78 is 16.6. The number of benzene rings is 2. The molecule has 0 radical (unpaired) electrons. The molecule has 2 aromatic carbocycles. The van der Waals surface area contributed by atoms with Crippen LogP contribution in [0.15, 0.2) is 78.3 Å². The Kier molecular flexibility index (Phi) is 12.9. The van der Waals surface area contributed by atoms with Crippen molar-refractivity contribution in [3.63, 3.8) is 0 Å². The maximum atomic E-state index is 12.9. The zero-order chi connectivity index (χ0) is 27.9. The first-order chi connectivity index (χ1) is 19.1. The van der Waals surface area contributed by atoms with Gasteiger partial charge in [0, 0.05) is 16.9 Å². The molecule has 0 saturated carbocycles. The van der Waals surface area contributed by atoms with Crippen molar-refractivity contribution in [1.82, 2.24) is 4.98 Å². The monoisotopic (exact) mass is 562 g/mol. The summed E-state index contributed by atoms with van der Waals surface area (Å²) in [6, 6.07) is 21.5. The van der Waals surface area contributed by atoms with Crippen LogP contribution in [0, 0.1) is 11.3 Å². The van der Waals surface area contributed by atoms with Crippen LogP contribution in [0.4, 0.5) is 0 Å². The predicted molar refractivity (Wildman–Crippen MR) is 160 cm³/mol. The Morgan fingerprint density at radius 3 is 2.59 bits per heavy atom. The number of methoxy groups -OCH3 is 1. The van der Waals surface area contributed by atoms with Gasteiger partial charge in [0.2, 0.25) is 0 Å². The first-order valence-corrected chi connectivity index (χ1v) is 15.0. The van der Waals surface area contributed by atoms with Gasteiger partial charge in [-0.3, -0.25) is 4.79 Å². The average Bonchev–Trinajstić information content (AvgIpc) is 2.98. The highest BCUT2D eigenvalue weighted by molar-refractivity contribution is 8.00. The van der Waals surface area contributed by atoms with E-state index in [1.807, 2.05) is 60.7 Å². The quantitative estimate of drug-likeness (QED) is 0.0796. The van der Waals surface area contributed by atoms with Crippen LogP contribution in [0.3, 0.4) is 0 Å². The summed E-state index contributed by atoms with van der Waals surface area (Å²) >= 11 is 2.96. The summed E-state index contributed by atoms with van der Waals surface area (Å²) in [5.74, 6) is 2.08. The maximum Gasteiger partial charge on any atom is 0.316 e. The van der Waals surface area contributed by atoms with E-state index in [9.17, 15) is 10.1 Å². The van der Waals surface area contributed by atoms with Crippen LogP contribution in [-0.2, 0) is 14.3 Å². The summed E-state index contributed by atoms with van der Waals surface area (Å²) in [5, 5.41) is 10.6. The minimum atomic E-state index is -0.370. The lowest BCUT2D eigenvalue weighted by atomic mass is 9.99. The Bertz CT molecular complexity index is 1240. The van der Waals surface area contributed by atoms with E-state index in [1.54, 1.807) is 24.9 Å². The first-order valence-electron chi connectivity index (χ1n) is 12.8. The van der Waals surface area contributed by atoms with Gasteiger partial charge in [-0.2, -0.15) is 17.0 Å². The first kappa shape index (κ1) is 30.3. The molecule has 1 heterocycles. The number of hydrogen-bond acceptors (Lipinski definition) is 8. The van der Waals surface area contributed by atoms with Crippen LogP contribution in [0.1, 0.15) is 25.3 Å². The zero-order valence-corrected chi connectivity index (χ0v) is 24.1. The van der Waals surface area contributed by atoms with E-state index in [0.717, 1.165) is 41.0 Å². The topological polar surface area (TPSA) is 81.4 Å². The fourth-order valence-corrected chi connectivity index (χ4v) is 5.57. The molecule has 3 aromatic rings. The van der Waals surface area contributed by atoms with Crippen molar-refractivity contribution in [2.45, 2.75) is 30.9 Å². The van der Waals surface area contributed by atoms with Gasteiger partial charge in [0.1, 0.15) is 22.9 Å². The number of esters is 1. The third-order valence-electron chi connectivity index (χ3n) is 5.68. The molecule has 0 aliphatic carbocycles.